The third-order valence-electron chi connectivity index (χ3n) is 12.3. The Morgan fingerprint density at radius 3 is 2.67 bits per heavy atom. The van der Waals surface area contributed by atoms with Crippen LogP contribution in [0.2, 0.25) is 0 Å². The molecule has 6 rings (SSSR count). The molecule has 4 heteroatoms. The molecule has 2 heterocycles. The van der Waals surface area contributed by atoms with Gasteiger partial charge in [0.05, 0.1) is 11.9 Å². The molecule has 0 radical (unpaired) electrons. The first-order valence-corrected chi connectivity index (χ1v) is 15.3. The van der Waals surface area contributed by atoms with Crippen molar-refractivity contribution in [1.29, 1.82) is 0 Å². The van der Waals surface area contributed by atoms with Gasteiger partial charge in [0.25, 0.3) is 0 Å². The van der Waals surface area contributed by atoms with Crippen molar-refractivity contribution in [3.63, 3.8) is 0 Å². The fourth-order valence-electron chi connectivity index (χ4n) is 10.2. The molecule has 0 spiro atoms. The summed E-state index contributed by atoms with van der Waals surface area (Å²) >= 11 is 0. The Balaban J connectivity index is 1.12. The van der Waals surface area contributed by atoms with E-state index in [4.69, 9.17) is 4.74 Å². The van der Waals surface area contributed by atoms with Crippen LogP contribution in [0, 0.1) is 40.4 Å². The predicted octanol–water partition coefficient (Wildman–Crippen LogP) is 5.87. The highest BCUT2D eigenvalue weighted by atomic mass is 16.5. The summed E-state index contributed by atoms with van der Waals surface area (Å²) in [5.41, 5.74) is 3.93. The second kappa shape index (κ2) is 9.42. The molecule has 9 atom stereocenters. The molecule has 3 saturated carbocycles. The van der Waals surface area contributed by atoms with Crippen LogP contribution in [0.1, 0.15) is 85.5 Å². The number of fused-ring (bicyclic) bond motifs is 7. The van der Waals surface area contributed by atoms with Gasteiger partial charge in [-0.1, -0.05) is 32.4 Å². The molecule has 202 valence electrons. The minimum Gasteiger partial charge on any atom is -0.494 e. The van der Waals surface area contributed by atoms with Crippen molar-refractivity contribution in [1.82, 2.24) is 9.80 Å². The van der Waals surface area contributed by atoms with Crippen LogP contribution in [0.5, 0.6) is 0 Å². The van der Waals surface area contributed by atoms with Gasteiger partial charge in [0.2, 0.25) is 0 Å². The monoisotopic (exact) mass is 496 g/mol. The van der Waals surface area contributed by atoms with Gasteiger partial charge in [-0.3, -0.25) is 0 Å². The van der Waals surface area contributed by atoms with Crippen molar-refractivity contribution in [3.8, 4) is 0 Å². The Bertz CT molecular complexity index is 904. The third kappa shape index (κ3) is 4.13. The summed E-state index contributed by atoms with van der Waals surface area (Å²) in [6.07, 6.45) is 13.6. The highest BCUT2D eigenvalue weighted by Gasteiger charge is 2.63. The highest BCUT2D eigenvalue weighted by Crippen LogP contribution is 2.68. The Morgan fingerprint density at radius 2 is 1.89 bits per heavy atom. The van der Waals surface area contributed by atoms with E-state index >= 15 is 0 Å². The molecule has 6 aliphatic rings. The minimum atomic E-state index is -0.107. The predicted molar refractivity (Wildman–Crippen MR) is 146 cm³/mol. The maximum Gasteiger partial charge on any atom is 0.106 e. The van der Waals surface area contributed by atoms with E-state index in [0.29, 0.717) is 22.9 Å². The van der Waals surface area contributed by atoms with E-state index < -0.39 is 0 Å². The quantitative estimate of drug-likeness (QED) is 0.483. The molecule has 2 aliphatic heterocycles. The van der Waals surface area contributed by atoms with E-state index in [1.165, 1.54) is 77.0 Å². The smallest absolute Gasteiger partial charge is 0.106 e. The average molecular weight is 497 g/mol. The normalized spacial score (nSPS) is 45.9. The molecular weight excluding hydrogens is 444 g/mol. The van der Waals surface area contributed by atoms with Gasteiger partial charge in [-0.2, -0.15) is 0 Å². The zero-order valence-corrected chi connectivity index (χ0v) is 23.8. The maximum atomic E-state index is 10.3. The molecule has 0 aromatic rings. The van der Waals surface area contributed by atoms with E-state index in [9.17, 15) is 5.11 Å². The number of hydrogen-bond acceptors (Lipinski definition) is 4. The largest absolute Gasteiger partial charge is 0.494 e. The fraction of sp³-hybridized carbons (Fsp3) is 0.875. The van der Waals surface area contributed by atoms with Crippen molar-refractivity contribution in [2.45, 2.75) is 97.7 Å². The number of aliphatic hydroxyl groups is 1. The van der Waals surface area contributed by atoms with Crippen LogP contribution in [0.25, 0.3) is 0 Å². The van der Waals surface area contributed by atoms with Gasteiger partial charge < -0.3 is 19.6 Å². The molecule has 0 bridgehead atoms. The molecule has 36 heavy (non-hydrogen) atoms. The number of rotatable bonds is 5. The number of likely N-dealkylation sites (N-methyl/N-ethyl adjacent to an activating group) is 1. The van der Waals surface area contributed by atoms with E-state index in [1.54, 1.807) is 11.1 Å². The second-order valence-corrected chi connectivity index (χ2v) is 14.4. The molecule has 0 aromatic heterocycles. The van der Waals surface area contributed by atoms with Gasteiger partial charge in [0, 0.05) is 45.1 Å². The van der Waals surface area contributed by atoms with Crippen LogP contribution in [-0.2, 0) is 4.74 Å². The number of nitrogens with zero attached hydrogens (tertiary/aromatic N) is 2. The van der Waals surface area contributed by atoms with E-state index in [-0.39, 0.29) is 6.10 Å². The summed E-state index contributed by atoms with van der Waals surface area (Å²) in [6, 6.07) is 0. The molecule has 0 unspecified atom stereocenters. The molecule has 0 amide bonds. The Morgan fingerprint density at radius 1 is 1.11 bits per heavy atom. The van der Waals surface area contributed by atoms with Crippen LogP contribution in [0.4, 0.5) is 0 Å². The summed E-state index contributed by atoms with van der Waals surface area (Å²) in [5, 5.41) is 10.3. The van der Waals surface area contributed by atoms with Gasteiger partial charge in [-0.15, -0.1) is 0 Å². The first kappa shape index (κ1) is 25.4. The highest BCUT2D eigenvalue weighted by molar-refractivity contribution is 5.30. The van der Waals surface area contributed by atoms with Crippen LogP contribution in [0.15, 0.2) is 23.0 Å². The summed E-state index contributed by atoms with van der Waals surface area (Å²) in [4.78, 5) is 5.11. The lowest BCUT2D eigenvalue weighted by Crippen LogP contribution is -2.50. The van der Waals surface area contributed by atoms with Crippen LogP contribution < -0.4 is 0 Å². The minimum absolute atomic E-state index is 0.107. The molecule has 4 fully saturated rings. The first-order chi connectivity index (χ1) is 17.2. The third-order valence-corrected chi connectivity index (χ3v) is 12.3. The van der Waals surface area contributed by atoms with Crippen LogP contribution >= 0.6 is 0 Å². The zero-order valence-electron chi connectivity index (χ0n) is 23.8. The summed E-state index contributed by atoms with van der Waals surface area (Å²) in [5.74, 6) is 5.13. The SMILES string of the molecule is CC1=C(CC[C@@H](C)CN2CCN(C)CC2)O[C@H]2C[C@H]3[C@@H]4CC=C5C[C@@H](O)CC[C@]5(C)[C@H]4CC[C@]3(C)[C@@H]12. The lowest BCUT2D eigenvalue weighted by molar-refractivity contribution is -0.0454. The average Bonchev–Trinajstić information content (AvgIpc) is 3.33. The van der Waals surface area contributed by atoms with Gasteiger partial charge in [-0.25, -0.2) is 0 Å². The number of ether oxygens (including phenoxy) is 1. The van der Waals surface area contributed by atoms with Gasteiger partial charge in [-0.05, 0) is 105 Å². The Kier molecular flexibility index (Phi) is 6.65. The number of piperazine rings is 1. The van der Waals surface area contributed by atoms with Crippen molar-refractivity contribution in [3.05, 3.63) is 23.0 Å². The second-order valence-electron chi connectivity index (χ2n) is 14.4. The number of allylic oxidation sites excluding steroid dienone is 2. The lowest BCUT2D eigenvalue weighted by Gasteiger charge is -2.57. The summed E-state index contributed by atoms with van der Waals surface area (Å²) < 4.78 is 6.85. The topological polar surface area (TPSA) is 35.9 Å². The first-order valence-electron chi connectivity index (χ1n) is 15.3. The summed E-state index contributed by atoms with van der Waals surface area (Å²) in [7, 11) is 2.24. The van der Waals surface area contributed by atoms with Crippen molar-refractivity contribution < 1.29 is 9.84 Å². The lowest BCUT2D eigenvalue weighted by atomic mass is 9.47. The Labute approximate surface area is 220 Å². The zero-order chi connectivity index (χ0) is 25.2. The van der Waals surface area contributed by atoms with Crippen LogP contribution in [-0.4, -0.2) is 66.9 Å². The van der Waals surface area contributed by atoms with Gasteiger partial charge in [0.1, 0.15) is 6.10 Å². The van der Waals surface area contributed by atoms with Crippen LogP contribution in [0.3, 0.4) is 0 Å². The fourth-order valence-corrected chi connectivity index (χ4v) is 10.2. The van der Waals surface area contributed by atoms with Crippen molar-refractivity contribution in [2.24, 2.45) is 40.4 Å². The number of aliphatic hydroxyl groups excluding tert-OH is 1. The van der Waals surface area contributed by atoms with E-state index in [1.807, 2.05) is 0 Å². The molecule has 4 nitrogen and oxygen atoms in total. The van der Waals surface area contributed by atoms with Crippen molar-refractivity contribution in [2.75, 3.05) is 39.8 Å². The molecule has 0 aromatic carbocycles. The molecule has 4 aliphatic carbocycles. The number of hydrogen-bond donors (Lipinski definition) is 1. The molecule has 1 saturated heterocycles. The van der Waals surface area contributed by atoms with Gasteiger partial charge in [0.15, 0.2) is 0 Å². The molecule has 1 N–H and O–H groups in total. The van der Waals surface area contributed by atoms with E-state index in [2.05, 4.69) is 50.6 Å². The maximum absolute atomic E-state index is 10.3. The van der Waals surface area contributed by atoms with Gasteiger partial charge >= 0.3 is 0 Å². The standard InChI is InChI=1S/C32H52N2O2/c1-21(20-34-16-14-33(5)15-17-34)6-9-28-22(2)30-29(36-28)19-27-25-8-7-23-18-24(35)10-12-31(23,3)26(25)11-13-32(27,30)4/h7,21,24-27,29-30,35H,6,8-20H2,1-5H3/t21-,24+,25-,26+,27+,29+,30+,31+,32+/m1/s1. The van der Waals surface area contributed by atoms with Crippen molar-refractivity contribution >= 4 is 0 Å². The summed E-state index contributed by atoms with van der Waals surface area (Å²) in [6.45, 7) is 16.2. The van der Waals surface area contributed by atoms with E-state index in [0.717, 1.165) is 42.9 Å². The molecular formula is C32H52N2O2. The Hall–Kier alpha value is -0.840.